The summed E-state index contributed by atoms with van der Waals surface area (Å²) < 4.78 is 1.96. The van der Waals surface area contributed by atoms with Gasteiger partial charge in [0.1, 0.15) is 5.69 Å². The molecule has 156 valence electrons. The van der Waals surface area contributed by atoms with Crippen molar-refractivity contribution < 1.29 is 0 Å². The maximum absolute atomic E-state index is 4.54. The monoisotopic (exact) mass is 400 g/mol. The summed E-state index contributed by atoms with van der Waals surface area (Å²) >= 11 is 0. The minimum Gasteiger partial charge on any atom is -0.362 e. The lowest BCUT2D eigenvalue weighted by Gasteiger charge is -2.54. The maximum Gasteiger partial charge on any atom is 0.102 e. The van der Waals surface area contributed by atoms with Gasteiger partial charge in [-0.2, -0.15) is 0 Å². The van der Waals surface area contributed by atoms with Crippen LogP contribution in [0.15, 0.2) is 60.8 Å². The molecule has 2 heterocycles. The molecule has 1 aliphatic carbocycles. The van der Waals surface area contributed by atoms with Gasteiger partial charge in [0.05, 0.1) is 19.3 Å². The average molecular weight is 401 g/mol. The summed E-state index contributed by atoms with van der Waals surface area (Å²) in [6.45, 7) is 8.91. The van der Waals surface area contributed by atoms with E-state index in [0.29, 0.717) is 12.0 Å². The number of hydrogen-bond acceptors (Lipinski definition) is 3. The van der Waals surface area contributed by atoms with Gasteiger partial charge in [0.2, 0.25) is 0 Å². The molecule has 0 spiro atoms. The average Bonchev–Trinajstić information content (AvgIpc) is 3.19. The molecule has 3 unspecified atom stereocenters. The van der Waals surface area contributed by atoms with E-state index >= 15 is 0 Å². The van der Waals surface area contributed by atoms with E-state index in [2.05, 4.69) is 90.7 Å². The predicted molar refractivity (Wildman–Crippen MR) is 122 cm³/mol. The zero-order chi connectivity index (χ0) is 20.7. The van der Waals surface area contributed by atoms with Crippen LogP contribution in [0.3, 0.4) is 0 Å². The van der Waals surface area contributed by atoms with Crippen LogP contribution in [0.1, 0.15) is 56.9 Å². The Labute approximate surface area is 179 Å². The molecule has 0 N–H and O–H groups in total. The Morgan fingerprint density at radius 2 is 1.73 bits per heavy atom. The molecule has 0 radical (unpaired) electrons. The summed E-state index contributed by atoms with van der Waals surface area (Å²) in [5.41, 5.74) is 5.38. The lowest BCUT2D eigenvalue weighted by Crippen LogP contribution is -2.54. The Bertz CT molecular complexity index is 1010. The first-order valence-electron chi connectivity index (χ1n) is 11.3. The summed E-state index contributed by atoms with van der Waals surface area (Å²) in [6.07, 6.45) is 6.04. The first-order valence-corrected chi connectivity index (χ1v) is 11.3. The fourth-order valence-corrected chi connectivity index (χ4v) is 5.82. The molecule has 1 aromatic heterocycles. The van der Waals surface area contributed by atoms with Crippen molar-refractivity contribution in [3.63, 3.8) is 0 Å². The molecule has 0 amide bonds. The fraction of sp³-hybridized carbons (Fsp3) is 0.462. The highest BCUT2D eigenvalue weighted by Crippen LogP contribution is 2.52. The van der Waals surface area contributed by atoms with Crippen molar-refractivity contribution in [1.29, 1.82) is 0 Å². The number of nitrogens with zero attached hydrogens (tertiary/aromatic N) is 4. The van der Waals surface area contributed by atoms with Crippen molar-refractivity contribution in [2.24, 2.45) is 11.8 Å². The van der Waals surface area contributed by atoms with Crippen molar-refractivity contribution in [2.45, 2.75) is 64.6 Å². The Morgan fingerprint density at radius 3 is 2.57 bits per heavy atom. The molecule has 4 heteroatoms. The number of rotatable bonds is 4. The second kappa shape index (κ2) is 7.57. The van der Waals surface area contributed by atoms with E-state index in [1.165, 1.54) is 36.1 Å². The van der Waals surface area contributed by atoms with Gasteiger partial charge in [0.25, 0.3) is 0 Å². The molecule has 1 aliphatic heterocycles. The lowest BCUT2D eigenvalue weighted by molar-refractivity contribution is 0.151. The van der Waals surface area contributed by atoms with Crippen LogP contribution in [-0.4, -0.2) is 21.0 Å². The minimum absolute atomic E-state index is 0.211. The van der Waals surface area contributed by atoms with Crippen LogP contribution in [0.25, 0.3) is 0 Å². The van der Waals surface area contributed by atoms with Crippen LogP contribution in [0.4, 0.5) is 5.69 Å². The zero-order valence-electron chi connectivity index (χ0n) is 18.3. The minimum atomic E-state index is 0.211. The van der Waals surface area contributed by atoms with Crippen molar-refractivity contribution in [3.05, 3.63) is 77.6 Å². The van der Waals surface area contributed by atoms with Crippen LogP contribution in [-0.2, 0) is 18.5 Å². The molecule has 1 fully saturated rings. The van der Waals surface area contributed by atoms with Crippen LogP contribution in [0.2, 0.25) is 0 Å². The summed E-state index contributed by atoms with van der Waals surface area (Å²) in [4.78, 5) is 2.64. The van der Waals surface area contributed by atoms with Crippen LogP contribution < -0.4 is 4.90 Å². The highest BCUT2D eigenvalue weighted by Gasteiger charge is 2.47. The van der Waals surface area contributed by atoms with E-state index in [0.717, 1.165) is 24.7 Å². The van der Waals surface area contributed by atoms with Crippen molar-refractivity contribution in [3.8, 4) is 0 Å². The molecule has 5 rings (SSSR count). The van der Waals surface area contributed by atoms with Gasteiger partial charge in [-0.3, -0.25) is 0 Å². The van der Waals surface area contributed by atoms with Gasteiger partial charge in [-0.15, -0.1) is 5.10 Å². The van der Waals surface area contributed by atoms with E-state index in [9.17, 15) is 0 Å². The quantitative estimate of drug-likeness (QED) is 0.586. The van der Waals surface area contributed by atoms with Crippen LogP contribution in [0.5, 0.6) is 0 Å². The molecule has 0 saturated heterocycles. The van der Waals surface area contributed by atoms with Crippen molar-refractivity contribution in [2.75, 3.05) is 4.90 Å². The smallest absolute Gasteiger partial charge is 0.102 e. The van der Waals surface area contributed by atoms with E-state index in [1.807, 2.05) is 10.7 Å². The van der Waals surface area contributed by atoms with Gasteiger partial charge in [-0.1, -0.05) is 80.9 Å². The zero-order valence-corrected chi connectivity index (χ0v) is 18.3. The highest BCUT2D eigenvalue weighted by molar-refractivity contribution is 5.60. The number of fused-ring (bicyclic) bond motifs is 2. The van der Waals surface area contributed by atoms with Gasteiger partial charge in [-0.05, 0) is 47.3 Å². The molecule has 30 heavy (non-hydrogen) atoms. The second-order valence-electron chi connectivity index (χ2n) is 9.85. The van der Waals surface area contributed by atoms with Gasteiger partial charge in [-0.25, -0.2) is 4.68 Å². The van der Waals surface area contributed by atoms with E-state index in [4.69, 9.17) is 0 Å². The summed E-state index contributed by atoms with van der Waals surface area (Å²) in [6, 6.07) is 20.1. The Hall–Kier alpha value is -2.62. The van der Waals surface area contributed by atoms with Gasteiger partial charge < -0.3 is 4.90 Å². The molecule has 0 bridgehead atoms. The standard InChI is InChI=1S/C26H32N4/c1-19-13-14-23-25(15-19)30(24-12-8-7-11-22(24)26(23,2)3)18-21-17-29(28-27-21)16-20-9-5-4-6-10-20/h4-12,17,19,23,25H,13-16,18H2,1-3H3. The second-order valence-corrected chi connectivity index (χ2v) is 9.85. The molecule has 1 saturated carbocycles. The number of hydrogen-bond donors (Lipinski definition) is 0. The third-order valence-electron chi connectivity index (χ3n) is 7.42. The summed E-state index contributed by atoms with van der Waals surface area (Å²) in [7, 11) is 0. The number of aromatic nitrogens is 3. The lowest BCUT2D eigenvalue weighted by atomic mass is 9.60. The van der Waals surface area contributed by atoms with Gasteiger partial charge in [0.15, 0.2) is 0 Å². The summed E-state index contributed by atoms with van der Waals surface area (Å²) in [5.74, 6) is 1.46. The van der Waals surface area contributed by atoms with Crippen molar-refractivity contribution >= 4 is 5.69 Å². The Balaban J connectivity index is 1.45. The molecular weight excluding hydrogens is 368 g/mol. The SMILES string of the molecule is CC1CCC2C(C1)N(Cc1cn(Cc3ccccc3)nn1)c1ccccc1C2(C)C. The molecule has 2 aliphatic rings. The molecule has 3 atom stereocenters. The highest BCUT2D eigenvalue weighted by atomic mass is 15.4. The predicted octanol–water partition coefficient (Wildman–Crippen LogP) is 5.43. The van der Waals surface area contributed by atoms with E-state index in [-0.39, 0.29) is 5.41 Å². The molecule has 4 nitrogen and oxygen atoms in total. The largest absolute Gasteiger partial charge is 0.362 e. The first-order chi connectivity index (χ1) is 14.5. The third-order valence-corrected chi connectivity index (χ3v) is 7.42. The molecule has 3 aromatic rings. The Morgan fingerprint density at radius 1 is 0.967 bits per heavy atom. The fourth-order valence-electron chi connectivity index (χ4n) is 5.82. The Kier molecular flexibility index (Phi) is 4.88. The van der Waals surface area contributed by atoms with E-state index in [1.54, 1.807) is 0 Å². The molecule has 2 aromatic carbocycles. The first kappa shape index (κ1) is 19.3. The topological polar surface area (TPSA) is 34.0 Å². The maximum atomic E-state index is 4.54. The van der Waals surface area contributed by atoms with Gasteiger partial charge in [0, 0.05) is 11.7 Å². The van der Waals surface area contributed by atoms with Crippen LogP contribution >= 0.6 is 0 Å². The van der Waals surface area contributed by atoms with Crippen molar-refractivity contribution in [1.82, 2.24) is 15.0 Å². The summed E-state index contributed by atoms with van der Waals surface area (Å²) in [5, 5.41) is 8.96. The normalized spacial score (nSPS) is 24.9. The number of anilines is 1. The number of para-hydroxylation sites is 1. The van der Waals surface area contributed by atoms with Gasteiger partial charge >= 0.3 is 0 Å². The third kappa shape index (κ3) is 3.42. The number of benzene rings is 2. The molecular formula is C26H32N4. The van der Waals surface area contributed by atoms with Crippen LogP contribution in [0, 0.1) is 11.8 Å². The van der Waals surface area contributed by atoms with E-state index < -0.39 is 0 Å².